The molecule has 0 saturated carbocycles. The number of aromatic nitrogens is 2. The van der Waals surface area contributed by atoms with E-state index in [4.69, 9.17) is 0 Å². The van der Waals surface area contributed by atoms with Crippen LogP contribution in [-0.4, -0.2) is 4.98 Å². The summed E-state index contributed by atoms with van der Waals surface area (Å²) in [6, 6.07) is 5.49. The number of halogens is 1. The second-order valence-electron chi connectivity index (χ2n) is 2.80. The molecule has 0 unspecified atom stereocenters. The first kappa shape index (κ1) is 8.44. The SMILES string of the molecule is Cc1ncc2cc(Br)ccc2[n+]1[O-]. The van der Waals surface area contributed by atoms with Gasteiger partial charge < -0.3 is 5.21 Å². The molecule has 0 fully saturated rings. The van der Waals surface area contributed by atoms with Gasteiger partial charge in [-0.1, -0.05) is 20.9 Å². The standard InChI is InChI=1S/C9H7BrN2O/c1-6-11-5-7-4-8(10)2-3-9(7)12(6)13/h2-5H,1H3. The molecule has 0 radical (unpaired) electrons. The van der Waals surface area contributed by atoms with Crippen LogP contribution in [-0.2, 0) is 0 Å². The topological polar surface area (TPSA) is 39.8 Å². The Morgan fingerprint density at radius 1 is 1.46 bits per heavy atom. The molecule has 0 amide bonds. The van der Waals surface area contributed by atoms with Gasteiger partial charge in [0.25, 0.3) is 5.82 Å². The number of nitrogens with zero attached hydrogens (tertiary/aromatic N) is 2. The lowest BCUT2D eigenvalue weighted by molar-refractivity contribution is -0.587. The molecule has 3 nitrogen and oxygen atoms in total. The lowest BCUT2D eigenvalue weighted by atomic mass is 10.2. The summed E-state index contributed by atoms with van der Waals surface area (Å²) >= 11 is 3.34. The molecule has 13 heavy (non-hydrogen) atoms. The maximum atomic E-state index is 11.5. The average Bonchev–Trinajstić information content (AvgIpc) is 2.12. The molecule has 0 atom stereocenters. The van der Waals surface area contributed by atoms with Gasteiger partial charge in [0.15, 0.2) is 6.20 Å². The van der Waals surface area contributed by atoms with Crippen molar-refractivity contribution in [3.63, 3.8) is 0 Å². The van der Waals surface area contributed by atoms with Crippen molar-refractivity contribution in [2.24, 2.45) is 0 Å². The number of hydrogen-bond donors (Lipinski definition) is 0. The van der Waals surface area contributed by atoms with Crippen LogP contribution in [0.25, 0.3) is 10.9 Å². The van der Waals surface area contributed by atoms with Crippen LogP contribution in [0.1, 0.15) is 5.82 Å². The summed E-state index contributed by atoms with van der Waals surface area (Å²) in [5.74, 6) is 0.467. The maximum absolute atomic E-state index is 11.5. The number of hydrogen-bond acceptors (Lipinski definition) is 2. The highest BCUT2D eigenvalue weighted by Gasteiger charge is 2.05. The molecule has 0 N–H and O–H groups in total. The van der Waals surface area contributed by atoms with Crippen molar-refractivity contribution in [3.05, 3.63) is 39.9 Å². The zero-order chi connectivity index (χ0) is 9.42. The van der Waals surface area contributed by atoms with Crippen molar-refractivity contribution >= 4 is 26.8 Å². The highest BCUT2D eigenvalue weighted by Crippen LogP contribution is 2.16. The molecule has 1 aromatic heterocycles. The third-order valence-electron chi connectivity index (χ3n) is 1.89. The second-order valence-corrected chi connectivity index (χ2v) is 3.72. The number of fused-ring (bicyclic) bond motifs is 1. The van der Waals surface area contributed by atoms with Gasteiger partial charge in [-0.05, 0) is 18.2 Å². The number of aryl methyl sites for hydroxylation is 1. The van der Waals surface area contributed by atoms with E-state index >= 15 is 0 Å². The van der Waals surface area contributed by atoms with E-state index in [-0.39, 0.29) is 0 Å². The number of rotatable bonds is 0. The summed E-state index contributed by atoms with van der Waals surface area (Å²) in [6.45, 7) is 1.69. The van der Waals surface area contributed by atoms with Gasteiger partial charge >= 0.3 is 0 Å². The third kappa shape index (κ3) is 1.37. The van der Waals surface area contributed by atoms with Gasteiger partial charge in [0.05, 0.1) is 5.39 Å². The minimum absolute atomic E-state index is 0.467. The van der Waals surface area contributed by atoms with Crippen LogP contribution in [0, 0.1) is 12.1 Å². The normalized spacial score (nSPS) is 10.6. The minimum Gasteiger partial charge on any atom is -0.710 e. The van der Waals surface area contributed by atoms with Crippen LogP contribution in [0.2, 0.25) is 0 Å². The molecule has 2 aromatic rings. The first-order valence-electron chi connectivity index (χ1n) is 3.83. The predicted octanol–water partition coefficient (Wildman–Crippen LogP) is 1.94. The molecule has 0 spiro atoms. The first-order valence-corrected chi connectivity index (χ1v) is 4.62. The van der Waals surface area contributed by atoms with E-state index in [0.29, 0.717) is 11.3 Å². The summed E-state index contributed by atoms with van der Waals surface area (Å²) in [5, 5.41) is 12.3. The summed E-state index contributed by atoms with van der Waals surface area (Å²) in [5.41, 5.74) is 0.649. The van der Waals surface area contributed by atoms with E-state index < -0.39 is 0 Å². The van der Waals surface area contributed by atoms with Crippen molar-refractivity contribution in [2.75, 3.05) is 0 Å². The van der Waals surface area contributed by atoms with Crippen LogP contribution in [0.4, 0.5) is 0 Å². The average molecular weight is 239 g/mol. The van der Waals surface area contributed by atoms with Crippen molar-refractivity contribution in [2.45, 2.75) is 6.92 Å². The van der Waals surface area contributed by atoms with Crippen molar-refractivity contribution in [3.8, 4) is 0 Å². The minimum atomic E-state index is 0.467. The predicted molar refractivity (Wildman–Crippen MR) is 53.1 cm³/mol. The van der Waals surface area contributed by atoms with Crippen molar-refractivity contribution in [1.29, 1.82) is 0 Å². The first-order chi connectivity index (χ1) is 6.18. The summed E-state index contributed by atoms with van der Waals surface area (Å²) in [7, 11) is 0. The van der Waals surface area contributed by atoms with Gasteiger partial charge in [-0.3, -0.25) is 0 Å². The lowest BCUT2D eigenvalue weighted by Gasteiger charge is -2.06. The fourth-order valence-corrected chi connectivity index (χ4v) is 1.58. The Kier molecular flexibility index (Phi) is 1.92. The van der Waals surface area contributed by atoms with Gasteiger partial charge in [0.2, 0.25) is 0 Å². The molecule has 4 heteroatoms. The van der Waals surface area contributed by atoms with E-state index in [2.05, 4.69) is 20.9 Å². The zero-order valence-electron chi connectivity index (χ0n) is 6.99. The summed E-state index contributed by atoms with van der Waals surface area (Å²) in [6.07, 6.45) is 1.70. The van der Waals surface area contributed by atoms with E-state index in [1.165, 1.54) is 0 Å². The van der Waals surface area contributed by atoms with Crippen LogP contribution in [0.15, 0.2) is 28.9 Å². The smallest absolute Gasteiger partial charge is 0.298 e. The monoisotopic (exact) mass is 238 g/mol. The summed E-state index contributed by atoms with van der Waals surface area (Å²) in [4.78, 5) is 3.98. The molecular weight excluding hydrogens is 232 g/mol. The molecule has 0 aliphatic heterocycles. The Morgan fingerprint density at radius 2 is 2.23 bits per heavy atom. The second kappa shape index (κ2) is 2.96. The largest absolute Gasteiger partial charge is 0.710 e. The Hall–Kier alpha value is -1.16. The maximum Gasteiger partial charge on any atom is 0.298 e. The fraction of sp³-hybridized carbons (Fsp3) is 0.111. The molecule has 0 saturated heterocycles. The van der Waals surface area contributed by atoms with Gasteiger partial charge in [0.1, 0.15) is 5.52 Å². The highest BCUT2D eigenvalue weighted by atomic mass is 79.9. The molecule has 0 aliphatic rings. The molecule has 1 heterocycles. The van der Waals surface area contributed by atoms with Gasteiger partial charge in [-0.15, -0.1) is 0 Å². The molecule has 66 valence electrons. The van der Waals surface area contributed by atoms with Crippen LogP contribution in [0.3, 0.4) is 0 Å². The van der Waals surface area contributed by atoms with Gasteiger partial charge in [0, 0.05) is 11.4 Å². The van der Waals surface area contributed by atoms with Gasteiger partial charge in [-0.25, -0.2) is 4.73 Å². The lowest BCUT2D eigenvalue weighted by Crippen LogP contribution is -2.31. The van der Waals surface area contributed by atoms with Crippen LogP contribution >= 0.6 is 15.9 Å². The Labute approximate surface area is 83.7 Å². The Morgan fingerprint density at radius 3 is 3.00 bits per heavy atom. The van der Waals surface area contributed by atoms with Gasteiger partial charge in [-0.2, -0.15) is 0 Å². The van der Waals surface area contributed by atoms with E-state index in [9.17, 15) is 5.21 Å². The zero-order valence-corrected chi connectivity index (χ0v) is 8.58. The van der Waals surface area contributed by atoms with Crippen LogP contribution < -0.4 is 4.73 Å². The third-order valence-corrected chi connectivity index (χ3v) is 2.39. The molecule has 0 bridgehead atoms. The Bertz CT molecular complexity index is 470. The van der Waals surface area contributed by atoms with Crippen molar-refractivity contribution < 1.29 is 4.73 Å². The van der Waals surface area contributed by atoms with E-state index in [0.717, 1.165) is 14.6 Å². The van der Waals surface area contributed by atoms with E-state index in [1.807, 2.05) is 12.1 Å². The molecule has 1 aromatic carbocycles. The Balaban J connectivity index is 2.87. The quantitative estimate of drug-likeness (QED) is 0.520. The highest BCUT2D eigenvalue weighted by molar-refractivity contribution is 9.10. The number of benzene rings is 1. The van der Waals surface area contributed by atoms with Crippen molar-refractivity contribution in [1.82, 2.24) is 4.98 Å². The molecule has 0 aliphatic carbocycles. The van der Waals surface area contributed by atoms with Crippen LogP contribution in [0.5, 0.6) is 0 Å². The fourth-order valence-electron chi connectivity index (χ4n) is 1.20. The molecule has 2 rings (SSSR count). The molecular formula is C9H7BrN2O. The summed E-state index contributed by atoms with van der Waals surface area (Å²) < 4.78 is 1.78. The van der Waals surface area contributed by atoms with E-state index in [1.54, 1.807) is 19.2 Å².